The number of rotatable bonds is 10. The second-order valence-electron chi connectivity index (χ2n) is 6.47. The van der Waals surface area contributed by atoms with E-state index in [1.165, 1.54) is 14.2 Å². The van der Waals surface area contributed by atoms with E-state index in [0.717, 1.165) is 10.6 Å². The third-order valence-electron chi connectivity index (χ3n) is 4.40. The van der Waals surface area contributed by atoms with Crippen LogP contribution in [0.4, 0.5) is 11.4 Å². The third-order valence-corrected chi connectivity index (χ3v) is 5.58. The molecule has 30 heavy (non-hydrogen) atoms. The Morgan fingerprint density at radius 1 is 1.03 bits per heavy atom. The molecule has 0 radical (unpaired) electrons. The highest BCUT2D eigenvalue weighted by Crippen LogP contribution is 2.30. The van der Waals surface area contributed by atoms with E-state index in [9.17, 15) is 13.2 Å². The lowest BCUT2D eigenvalue weighted by molar-refractivity contribution is -0.117. The fourth-order valence-corrected chi connectivity index (χ4v) is 4.25. The van der Waals surface area contributed by atoms with E-state index < -0.39 is 22.0 Å². The Labute approximate surface area is 177 Å². The lowest BCUT2D eigenvalue weighted by Crippen LogP contribution is -2.47. The molecule has 0 spiro atoms. The predicted molar refractivity (Wildman–Crippen MR) is 117 cm³/mol. The van der Waals surface area contributed by atoms with Crippen molar-refractivity contribution in [2.75, 3.05) is 36.7 Å². The van der Waals surface area contributed by atoms with E-state index in [4.69, 9.17) is 14.2 Å². The summed E-state index contributed by atoms with van der Waals surface area (Å²) in [4.78, 5) is 13.1. The van der Waals surface area contributed by atoms with E-state index in [-0.39, 0.29) is 6.42 Å². The molecule has 0 saturated carbocycles. The van der Waals surface area contributed by atoms with Crippen LogP contribution in [0, 0.1) is 0 Å². The first kappa shape index (κ1) is 23.3. The largest absolute Gasteiger partial charge is 0.497 e. The summed E-state index contributed by atoms with van der Waals surface area (Å²) < 4.78 is 42.2. The van der Waals surface area contributed by atoms with E-state index in [1.54, 1.807) is 49.4 Å². The molecule has 1 atom stereocenters. The van der Waals surface area contributed by atoms with Gasteiger partial charge in [-0.1, -0.05) is 6.92 Å². The van der Waals surface area contributed by atoms with Crippen LogP contribution in [0.5, 0.6) is 17.2 Å². The van der Waals surface area contributed by atoms with Crippen molar-refractivity contribution in [3.8, 4) is 17.2 Å². The zero-order chi connectivity index (χ0) is 22.3. The first-order valence-electron chi connectivity index (χ1n) is 9.50. The molecular weight excluding hydrogens is 408 g/mol. The fraction of sp³-hybridized carbons (Fsp3) is 0.381. The topological polar surface area (TPSA) is 94.2 Å². The summed E-state index contributed by atoms with van der Waals surface area (Å²) in [7, 11) is -0.732. The van der Waals surface area contributed by atoms with Gasteiger partial charge in [-0.3, -0.25) is 9.10 Å². The number of amides is 1. The van der Waals surface area contributed by atoms with Crippen molar-refractivity contribution < 1.29 is 27.4 Å². The number of ether oxygens (including phenoxy) is 3. The summed E-state index contributed by atoms with van der Waals surface area (Å²) in [6.45, 7) is 4.11. The zero-order valence-corrected chi connectivity index (χ0v) is 18.7. The van der Waals surface area contributed by atoms with Crippen molar-refractivity contribution in [2.24, 2.45) is 0 Å². The lowest BCUT2D eigenvalue weighted by atomic mass is 10.1. The van der Waals surface area contributed by atoms with Gasteiger partial charge >= 0.3 is 0 Å². The van der Waals surface area contributed by atoms with Gasteiger partial charge in [0.05, 0.1) is 38.5 Å². The standard InChI is InChI=1S/C21H28N2O6S/c1-6-19(21(24)22-18-13-12-17(27-3)14-20(18)28-4)23(30(5,25)26)15-8-10-16(11-9-15)29-7-2/h8-14,19H,6-7H2,1-5H3,(H,22,24)/t19-/m1/s1. The van der Waals surface area contributed by atoms with Crippen molar-refractivity contribution in [2.45, 2.75) is 26.3 Å². The molecule has 1 amide bonds. The van der Waals surface area contributed by atoms with Crippen LogP contribution in [0.3, 0.4) is 0 Å². The van der Waals surface area contributed by atoms with Crippen LogP contribution in [-0.2, 0) is 14.8 Å². The van der Waals surface area contributed by atoms with Crippen LogP contribution in [0.1, 0.15) is 20.3 Å². The molecule has 0 heterocycles. The maximum atomic E-state index is 13.1. The summed E-state index contributed by atoms with van der Waals surface area (Å²) in [5.41, 5.74) is 0.798. The Morgan fingerprint density at radius 3 is 2.17 bits per heavy atom. The molecule has 2 aromatic carbocycles. The monoisotopic (exact) mass is 436 g/mol. The number of carbonyl (C=O) groups excluding carboxylic acids is 1. The molecule has 8 nitrogen and oxygen atoms in total. The quantitative estimate of drug-likeness (QED) is 0.614. The molecular formula is C21H28N2O6S. The SMILES string of the molecule is CCOc1ccc(N([C@H](CC)C(=O)Nc2ccc(OC)cc2OC)S(C)(=O)=O)cc1. The first-order valence-corrected chi connectivity index (χ1v) is 11.3. The Kier molecular flexibility index (Phi) is 7.93. The van der Waals surface area contributed by atoms with Gasteiger partial charge in [0.25, 0.3) is 0 Å². The molecule has 0 aliphatic rings. The Balaban J connectivity index is 2.36. The number of carbonyl (C=O) groups is 1. The number of anilines is 2. The summed E-state index contributed by atoms with van der Waals surface area (Å²) in [5.74, 6) is 1.13. The van der Waals surface area contributed by atoms with Gasteiger partial charge in [-0.05, 0) is 49.7 Å². The molecule has 0 aliphatic carbocycles. The van der Waals surface area contributed by atoms with Gasteiger partial charge in [0.2, 0.25) is 15.9 Å². The van der Waals surface area contributed by atoms with Gasteiger partial charge in [0.15, 0.2) is 0 Å². The molecule has 9 heteroatoms. The minimum Gasteiger partial charge on any atom is -0.497 e. The average Bonchev–Trinajstić information content (AvgIpc) is 2.72. The normalized spacial score (nSPS) is 12.0. The Hall–Kier alpha value is -2.94. The maximum Gasteiger partial charge on any atom is 0.248 e. The second kappa shape index (κ2) is 10.2. The molecule has 0 aromatic heterocycles. The number of benzene rings is 2. The van der Waals surface area contributed by atoms with Crippen molar-refractivity contribution in [3.05, 3.63) is 42.5 Å². The van der Waals surface area contributed by atoms with Crippen molar-refractivity contribution in [3.63, 3.8) is 0 Å². The second-order valence-corrected chi connectivity index (χ2v) is 8.32. The van der Waals surface area contributed by atoms with Gasteiger partial charge in [-0.15, -0.1) is 0 Å². The lowest BCUT2D eigenvalue weighted by Gasteiger charge is -2.30. The van der Waals surface area contributed by atoms with E-state index in [1.807, 2.05) is 6.92 Å². The molecule has 0 aliphatic heterocycles. The van der Waals surface area contributed by atoms with Crippen LogP contribution < -0.4 is 23.8 Å². The fourth-order valence-electron chi connectivity index (χ4n) is 3.03. The molecule has 0 fully saturated rings. The van der Waals surface area contributed by atoms with Gasteiger partial charge in [0, 0.05) is 6.07 Å². The van der Waals surface area contributed by atoms with Crippen LogP contribution >= 0.6 is 0 Å². The summed E-state index contributed by atoms with van der Waals surface area (Å²) in [6, 6.07) is 10.6. The van der Waals surface area contributed by atoms with Crippen molar-refractivity contribution in [1.29, 1.82) is 0 Å². The predicted octanol–water partition coefficient (Wildman–Crippen LogP) is 3.29. The number of methoxy groups -OCH3 is 2. The van der Waals surface area contributed by atoms with E-state index >= 15 is 0 Å². The minimum absolute atomic E-state index is 0.268. The molecule has 2 aromatic rings. The summed E-state index contributed by atoms with van der Waals surface area (Å²) >= 11 is 0. The van der Waals surface area contributed by atoms with Gasteiger partial charge in [0.1, 0.15) is 23.3 Å². The smallest absolute Gasteiger partial charge is 0.248 e. The Morgan fingerprint density at radius 2 is 1.67 bits per heavy atom. The van der Waals surface area contributed by atoms with Crippen molar-refractivity contribution >= 4 is 27.3 Å². The number of hydrogen-bond acceptors (Lipinski definition) is 6. The van der Waals surface area contributed by atoms with Crippen LogP contribution in [0.15, 0.2) is 42.5 Å². The highest BCUT2D eigenvalue weighted by Gasteiger charge is 2.32. The molecule has 1 N–H and O–H groups in total. The van der Waals surface area contributed by atoms with Crippen LogP contribution in [-0.4, -0.2) is 47.4 Å². The van der Waals surface area contributed by atoms with Crippen LogP contribution in [0.25, 0.3) is 0 Å². The number of sulfonamides is 1. The molecule has 2 rings (SSSR count). The van der Waals surface area contributed by atoms with E-state index in [0.29, 0.717) is 35.2 Å². The third kappa shape index (κ3) is 5.56. The number of hydrogen-bond donors (Lipinski definition) is 1. The highest BCUT2D eigenvalue weighted by atomic mass is 32.2. The minimum atomic E-state index is -3.74. The maximum absolute atomic E-state index is 13.1. The highest BCUT2D eigenvalue weighted by molar-refractivity contribution is 7.92. The average molecular weight is 437 g/mol. The number of nitrogens with zero attached hydrogens (tertiary/aromatic N) is 1. The molecule has 0 unspecified atom stereocenters. The molecule has 164 valence electrons. The first-order chi connectivity index (χ1) is 14.2. The van der Waals surface area contributed by atoms with Gasteiger partial charge < -0.3 is 19.5 Å². The zero-order valence-electron chi connectivity index (χ0n) is 17.8. The van der Waals surface area contributed by atoms with Gasteiger partial charge in [-0.25, -0.2) is 8.42 Å². The molecule has 0 bridgehead atoms. The number of nitrogens with one attached hydrogen (secondary N) is 1. The van der Waals surface area contributed by atoms with Gasteiger partial charge in [-0.2, -0.15) is 0 Å². The van der Waals surface area contributed by atoms with Crippen molar-refractivity contribution in [1.82, 2.24) is 0 Å². The van der Waals surface area contributed by atoms with Crippen LogP contribution in [0.2, 0.25) is 0 Å². The molecule has 0 saturated heterocycles. The summed E-state index contributed by atoms with van der Waals surface area (Å²) in [5, 5.41) is 2.77. The van der Waals surface area contributed by atoms with E-state index in [2.05, 4.69) is 5.32 Å². The summed E-state index contributed by atoms with van der Waals surface area (Å²) in [6.07, 6.45) is 1.35. The Bertz CT molecular complexity index is 960.